The normalized spacial score (nSPS) is 14.8. The fourth-order valence-electron chi connectivity index (χ4n) is 4.62. The molecule has 1 aliphatic rings. The molecule has 1 aliphatic heterocycles. The van der Waals surface area contributed by atoms with E-state index in [4.69, 9.17) is 19.6 Å². The summed E-state index contributed by atoms with van der Waals surface area (Å²) in [6, 6.07) is 34.8. The highest BCUT2D eigenvalue weighted by Gasteiger charge is 2.32. The average Bonchev–Trinajstić information content (AvgIpc) is 3.66. The summed E-state index contributed by atoms with van der Waals surface area (Å²) in [6.45, 7) is 0.477. The first-order chi connectivity index (χ1) is 19.2. The number of ether oxygens (including phenoxy) is 2. The molecular formula is C32H26BrN3O2S. The SMILES string of the molecule is COc1cc(C2CC(c3ccccc3)=NN2c2nc(-c3ccc(Br)cc3)cs2)ccc1OCc1ccccc1. The fraction of sp³-hybridized carbons (Fsp3) is 0.125. The molecule has 0 saturated heterocycles. The molecule has 1 aromatic heterocycles. The first-order valence-corrected chi connectivity index (χ1v) is 14.3. The molecule has 7 heteroatoms. The molecule has 0 bridgehead atoms. The fourth-order valence-corrected chi connectivity index (χ4v) is 5.72. The number of rotatable bonds is 8. The van der Waals surface area contributed by atoms with Crippen molar-refractivity contribution in [1.29, 1.82) is 0 Å². The van der Waals surface area contributed by atoms with Crippen LogP contribution in [0.5, 0.6) is 11.5 Å². The van der Waals surface area contributed by atoms with Gasteiger partial charge in [-0.2, -0.15) is 5.10 Å². The smallest absolute Gasteiger partial charge is 0.207 e. The highest BCUT2D eigenvalue weighted by Crippen LogP contribution is 2.41. The lowest BCUT2D eigenvalue weighted by Crippen LogP contribution is -2.18. The zero-order chi connectivity index (χ0) is 26.6. The second-order valence-corrected chi connectivity index (χ2v) is 10.9. The van der Waals surface area contributed by atoms with E-state index >= 15 is 0 Å². The predicted molar refractivity (Wildman–Crippen MR) is 162 cm³/mol. The highest BCUT2D eigenvalue weighted by molar-refractivity contribution is 9.10. The lowest BCUT2D eigenvalue weighted by Gasteiger charge is -2.22. The Kier molecular flexibility index (Phi) is 7.43. The van der Waals surface area contributed by atoms with Gasteiger partial charge in [0.05, 0.1) is 24.6 Å². The maximum Gasteiger partial charge on any atom is 0.207 e. The number of hydrogen-bond donors (Lipinski definition) is 0. The summed E-state index contributed by atoms with van der Waals surface area (Å²) < 4.78 is 12.9. The van der Waals surface area contributed by atoms with Gasteiger partial charge in [0.2, 0.25) is 5.13 Å². The topological polar surface area (TPSA) is 47.0 Å². The average molecular weight is 597 g/mol. The van der Waals surface area contributed by atoms with Gasteiger partial charge in [0.15, 0.2) is 11.5 Å². The van der Waals surface area contributed by atoms with Crippen molar-refractivity contribution in [2.24, 2.45) is 5.10 Å². The number of hydrogen-bond acceptors (Lipinski definition) is 6. The third-order valence-electron chi connectivity index (χ3n) is 6.66. The molecule has 0 spiro atoms. The molecule has 0 saturated carbocycles. The molecular weight excluding hydrogens is 570 g/mol. The lowest BCUT2D eigenvalue weighted by molar-refractivity contribution is 0.284. The number of methoxy groups -OCH3 is 1. The minimum atomic E-state index is -0.0267. The van der Waals surface area contributed by atoms with E-state index in [2.05, 4.69) is 74.8 Å². The van der Waals surface area contributed by atoms with Crippen molar-refractivity contribution in [2.75, 3.05) is 12.1 Å². The Labute approximate surface area is 240 Å². The Bertz CT molecular complexity index is 1590. The third-order valence-corrected chi connectivity index (χ3v) is 8.01. The van der Waals surface area contributed by atoms with Crippen molar-refractivity contribution >= 4 is 38.1 Å². The molecule has 0 radical (unpaired) electrons. The zero-order valence-electron chi connectivity index (χ0n) is 21.3. The van der Waals surface area contributed by atoms with Crippen LogP contribution in [0.25, 0.3) is 11.3 Å². The summed E-state index contributed by atoms with van der Waals surface area (Å²) in [5.41, 5.74) is 6.36. The van der Waals surface area contributed by atoms with Crippen molar-refractivity contribution in [1.82, 2.24) is 4.98 Å². The van der Waals surface area contributed by atoms with E-state index in [0.717, 1.165) is 49.7 Å². The van der Waals surface area contributed by atoms with Gasteiger partial charge >= 0.3 is 0 Å². The minimum Gasteiger partial charge on any atom is -0.493 e. The van der Waals surface area contributed by atoms with Crippen molar-refractivity contribution in [2.45, 2.75) is 19.1 Å². The third kappa shape index (κ3) is 5.60. The molecule has 5 aromatic rings. The van der Waals surface area contributed by atoms with Gasteiger partial charge in [-0.05, 0) is 41.0 Å². The van der Waals surface area contributed by atoms with Crippen LogP contribution in [0.15, 0.2) is 118 Å². The zero-order valence-corrected chi connectivity index (χ0v) is 23.7. The van der Waals surface area contributed by atoms with Crippen LogP contribution < -0.4 is 14.5 Å². The van der Waals surface area contributed by atoms with Crippen molar-refractivity contribution in [3.8, 4) is 22.8 Å². The van der Waals surface area contributed by atoms with Gasteiger partial charge < -0.3 is 9.47 Å². The number of benzene rings is 4. The summed E-state index contributed by atoms with van der Waals surface area (Å²) >= 11 is 5.12. The van der Waals surface area contributed by atoms with E-state index < -0.39 is 0 Å². The van der Waals surface area contributed by atoms with E-state index in [1.54, 1.807) is 18.4 Å². The molecule has 4 aromatic carbocycles. The van der Waals surface area contributed by atoms with Crippen LogP contribution >= 0.6 is 27.3 Å². The minimum absolute atomic E-state index is 0.0267. The molecule has 6 rings (SSSR count). The number of halogens is 1. The molecule has 5 nitrogen and oxygen atoms in total. The molecule has 0 aliphatic carbocycles. The molecule has 0 fully saturated rings. The summed E-state index contributed by atoms with van der Waals surface area (Å²) in [5, 5.41) is 10.1. The summed E-state index contributed by atoms with van der Waals surface area (Å²) in [7, 11) is 1.68. The second-order valence-electron chi connectivity index (χ2n) is 9.18. The van der Waals surface area contributed by atoms with Crippen LogP contribution in [0.3, 0.4) is 0 Å². The lowest BCUT2D eigenvalue weighted by atomic mass is 9.98. The number of nitrogens with zero attached hydrogens (tertiary/aromatic N) is 3. The standard InChI is InChI=1S/C32H26BrN3O2S/c1-37-31-18-25(14-17-30(31)38-20-22-8-4-2-5-9-22)29-19-27(23-10-6-3-7-11-23)35-36(29)32-34-28(21-39-32)24-12-15-26(33)16-13-24/h2-18,21,29H,19-20H2,1H3. The number of thiazole rings is 1. The van der Waals surface area contributed by atoms with E-state index in [-0.39, 0.29) is 6.04 Å². The van der Waals surface area contributed by atoms with Gasteiger partial charge in [0, 0.05) is 21.8 Å². The molecule has 0 amide bonds. The maximum atomic E-state index is 6.11. The number of hydrazone groups is 1. The Hall–Kier alpha value is -3.94. The Balaban J connectivity index is 1.31. The van der Waals surface area contributed by atoms with Gasteiger partial charge in [-0.15, -0.1) is 11.3 Å². The first-order valence-electron chi connectivity index (χ1n) is 12.7. The molecule has 1 unspecified atom stereocenters. The summed E-state index contributed by atoms with van der Waals surface area (Å²) in [5.74, 6) is 1.41. The van der Waals surface area contributed by atoms with Crippen molar-refractivity contribution in [3.05, 3.63) is 130 Å². The summed E-state index contributed by atoms with van der Waals surface area (Å²) in [4.78, 5) is 4.99. The van der Waals surface area contributed by atoms with Crippen molar-refractivity contribution in [3.63, 3.8) is 0 Å². The summed E-state index contributed by atoms with van der Waals surface area (Å²) in [6.07, 6.45) is 0.755. The van der Waals surface area contributed by atoms with Crippen LogP contribution in [0.4, 0.5) is 5.13 Å². The molecule has 194 valence electrons. The number of aromatic nitrogens is 1. The van der Waals surface area contributed by atoms with E-state index in [0.29, 0.717) is 18.1 Å². The Morgan fingerprint density at radius 2 is 1.62 bits per heavy atom. The van der Waals surface area contributed by atoms with Crippen LogP contribution in [-0.2, 0) is 6.61 Å². The van der Waals surface area contributed by atoms with E-state index in [9.17, 15) is 0 Å². The van der Waals surface area contributed by atoms with Crippen LogP contribution in [0.1, 0.15) is 29.2 Å². The van der Waals surface area contributed by atoms with Gasteiger partial charge in [0.1, 0.15) is 6.61 Å². The molecule has 1 atom stereocenters. The van der Waals surface area contributed by atoms with Gasteiger partial charge in [-0.1, -0.05) is 94.8 Å². The van der Waals surface area contributed by atoms with Crippen LogP contribution in [0, 0.1) is 0 Å². The monoisotopic (exact) mass is 595 g/mol. The number of anilines is 1. The van der Waals surface area contributed by atoms with E-state index in [1.807, 2.05) is 54.6 Å². The van der Waals surface area contributed by atoms with E-state index in [1.165, 1.54) is 0 Å². The van der Waals surface area contributed by atoms with Gasteiger partial charge in [-0.3, -0.25) is 0 Å². The Morgan fingerprint density at radius 1 is 0.872 bits per heavy atom. The largest absolute Gasteiger partial charge is 0.493 e. The van der Waals surface area contributed by atoms with Gasteiger partial charge in [-0.25, -0.2) is 9.99 Å². The first kappa shape index (κ1) is 25.3. The van der Waals surface area contributed by atoms with Crippen LogP contribution in [0.2, 0.25) is 0 Å². The maximum absolute atomic E-state index is 6.11. The highest BCUT2D eigenvalue weighted by atomic mass is 79.9. The molecule has 39 heavy (non-hydrogen) atoms. The second kappa shape index (κ2) is 11.4. The van der Waals surface area contributed by atoms with Gasteiger partial charge in [0.25, 0.3) is 0 Å². The predicted octanol–water partition coefficient (Wildman–Crippen LogP) is 8.52. The van der Waals surface area contributed by atoms with Crippen molar-refractivity contribution < 1.29 is 9.47 Å². The quantitative estimate of drug-likeness (QED) is 0.180. The Morgan fingerprint density at radius 3 is 2.36 bits per heavy atom. The van der Waals surface area contributed by atoms with Crippen LogP contribution in [-0.4, -0.2) is 17.8 Å². The molecule has 2 heterocycles. The molecule has 0 N–H and O–H groups in total.